The summed E-state index contributed by atoms with van der Waals surface area (Å²) >= 11 is 6.23. The van der Waals surface area contributed by atoms with E-state index in [0.29, 0.717) is 21.8 Å². The number of rotatable bonds is 6. The van der Waals surface area contributed by atoms with Gasteiger partial charge in [0.1, 0.15) is 0 Å². The van der Waals surface area contributed by atoms with E-state index in [1.165, 1.54) is 4.90 Å². The number of halogens is 1. The van der Waals surface area contributed by atoms with Gasteiger partial charge >= 0.3 is 0 Å². The summed E-state index contributed by atoms with van der Waals surface area (Å²) in [5.41, 5.74) is 2.21. The van der Waals surface area contributed by atoms with Gasteiger partial charge in [0, 0.05) is 34.2 Å². The van der Waals surface area contributed by atoms with Gasteiger partial charge in [0.2, 0.25) is 0 Å². The highest BCUT2D eigenvalue weighted by molar-refractivity contribution is 6.31. The number of Topliss-reactive ketones (excluding diaryl/α,β-unsaturated/α-hetero) is 1. The number of hydrogen-bond donors (Lipinski definition) is 1. The Labute approximate surface area is 202 Å². The number of hydrogen-bond acceptors (Lipinski definition) is 3. The minimum absolute atomic E-state index is 0.285. The lowest BCUT2D eigenvalue weighted by atomic mass is 9.88. The molecular formula is C28H23ClN2O3. The van der Waals surface area contributed by atoms with Gasteiger partial charge in [-0.15, -0.1) is 0 Å². The van der Waals surface area contributed by atoms with Gasteiger partial charge in [-0.1, -0.05) is 53.6 Å². The van der Waals surface area contributed by atoms with Crippen molar-refractivity contribution in [2.45, 2.75) is 25.5 Å². The van der Waals surface area contributed by atoms with E-state index < -0.39 is 11.5 Å². The van der Waals surface area contributed by atoms with E-state index in [1.807, 2.05) is 66.3 Å². The molecule has 170 valence electrons. The number of fused-ring (bicyclic) bond motifs is 1. The second-order valence-corrected chi connectivity index (χ2v) is 9.08. The van der Waals surface area contributed by atoms with Crippen LogP contribution in [0.5, 0.6) is 0 Å². The van der Waals surface area contributed by atoms with Crippen LogP contribution in [0.3, 0.4) is 0 Å². The lowest BCUT2D eigenvalue weighted by molar-refractivity contribution is -0.136. The van der Waals surface area contributed by atoms with Crippen LogP contribution in [0.4, 0.5) is 5.69 Å². The van der Waals surface area contributed by atoms with E-state index in [-0.39, 0.29) is 18.7 Å². The summed E-state index contributed by atoms with van der Waals surface area (Å²) in [5, 5.41) is 12.0. The van der Waals surface area contributed by atoms with Gasteiger partial charge < -0.3 is 14.6 Å². The molecule has 0 spiro atoms. The molecular weight excluding hydrogens is 448 g/mol. The van der Waals surface area contributed by atoms with Crippen molar-refractivity contribution >= 4 is 29.0 Å². The number of amides is 1. The van der Waals surface area contributed by atoms with Crippen LogP contribution in [0.1, 0.15) is 33.5 Å². The van der Waals surface area contributed by atoms with Crippen LogP contribution in [0.2, 0.25) is 5.02 Å². The van der Waals surface area contributed by atoms with Crippen molar-refractivity contribution in [2.75, 3.05) is 4.90 Å². The molecule has 0 fully saturated rings. The molecule has 1 atom stereocenters. The van der Waals surface area contributed by atoms with E-state index in [0.717, 1.165) is 16.8 Å². The smallest absolute Gasteiger partial charge is 0.264 e. The maximum absolute atomic E-state index is 13.6. The quantitative estimate of drug-likeness (QED) is 0.381. The number of benzene rings is 3. The third-order valence-electron chi connectivity index (χ3n) is 6.24. The molecule has 0 bridgehead atoms. The Kier molecular flexibility index (Phi) is 5.60. The number of anilines is 1. The number of aromatic nitrogens is 1. The van der Waals surface area contributed by atoms with Crippen molar-refractivity contribution in [1.82, 2.24) is 4.57 Å². The second-order valence-electron chi connectivity index (χ2n) is 8.64. The van der Waals surface area contributed by atoms with Crippen LogP contribution < -0.4 is 4.90 Å². The van der Waals surface area contributed by atoms with Gasteiger partial charge in [-0.3, -0.25) is 9.59 Å². The molecule has 5 nitrogen and oxygen atoms in total. The third kappa shape index (κ3) is 3.94. The first kappa shape index (κ1) is 22.1. The van der Waals surface area contributed by atoms with Crippen LogP contribution in [0.25, 0.3) is 5.69 Å². The number of ketones is 1. The van der Waals surface area contributed by atoms with E-state index in [1.54, 1.807) is 36.4 Å². The molecule has 0 aliphatic carbocycles. The normalized spacial score (nSPS) is 17.1. The highest BCUT2D eigenvalue weighted by Crippen LogP contribution is 2.44. The van der Waals surface area contributed by atoms with E-state index in [9.17, 15) is 14.7 Å². The maximum atomic E-state index is 13.6. The average Bonchev–Trinajstić information content (AvgIpc) is 3.44. The van der Waals surface area contributed by atoms with Crippen molar-refractivity contribution in [3.05, 3.63) is 119 Å². The van der Waals surface area contributed by atoms with Gasteiger partial charge in [0.25, 0.3) is 5.91 Å². The molecule has 0 radical (unpaired) electrons. The molecule has 1 unspecified atom stereocenters. The summed E-state index contributed by atoms with van der Waals surface area (Å²) in [5.74, 6) is -0.853. The molecule has 1 aliphatic heterocycles. The average molecular weight is 471 g/mol. The second kappa shape index (κ2) is 8.60. The number of carbonyl (C=O) groups excluding carboxylic acids is 2. The van der Waals surface area contributed by atoms with Crippen LogP contribution in [-0.2, 0) is 16.9 Å². The van der Waals surface area contributed by atoms with Crippen LogP contribution in [-0.4, -0.2) is 21.4 Å². The Morgan fingerprint density at radius 1 is 0.971 bits per heavy atom. The molecule has 1 aliphatic rings. The Morgan fingerprint density at radius 2 is 1.71 bits per heavy atom. The summed E-state index contributed by atoms with van der Waals surface area (Å²) in [6.07, 6.45) is 3.40. The lowest BCUT2D eigenvalue weighted by Crippen LogP contribution is -2.41. The minimum atomic E-state index is -1.99. The zero-order valence-corrected chi connectivity index (χ0v) is 19.4. The monoisotopic (exact) mass is 470 g/mol. The zero-order valence-electron chi connectivity index (χ0n) is 18.6. The molecule has 0 saturated carbocycles. The largest absolute Gasteiger partial charge is 0.375 e. The summed E-state index contributed by atoms with van der Waals surface area (Å²) in [6, 6.07) is 23.8. The van der Waals surface area contributed by atoms with Crippen molar-refractivity contribution in [3.8, 4) is 5.69 Å². The van der Waals surface area contributed by atoms with Crippen molar-refractivity contribution in [3.63, 3.8) is 0 Å². The van der Waals surface area contributed by atoms with Crippen molar-refractivity contribution < 1.29 is 14.7 Å². The fourth-order valence-corrected chi connectivity index (χ4v) is 4.58. The highest BCUT2D eigenvalue weighted by atomic mass is 35.5. The standard InChI is InChI=1S/C28H23ClN2O3/c1-19-7-9-20(10-8-19)18-31-25-12-11-22(29)16-24(25)28(34,27(31)33)17-26(32)21-5-4-6-23(15-21)30-13-2-3-14-30/h2-16,34H,17-18H2,1H3. The van der Waals surface area contributed by atoms with Gasteiger partial charge in [0.05, 0.1) is 18.7 Å². The van der Waals surface area contributed by atoms with Crippen molar-refractivity contribution in [1.29, 1.82) is 0 Å². The van der Waals surface area contributed by atoms with Gasteiger partial charge in [-0.05, 0) is 55.0 Å². The predicted octanol–water partition coefficient (Wildman–Crippen LogP) is 5.45. The number of nitrogens with zero attached hydrogens (tertiary/aromatic N) is 2. The third-order valence-corrected chi connectivity index (χ3v) is 6.48. The molecule has 0 saturated heterocycles. The summed E-state index contributed by atoms with van der Waals surface area (Å²) in [6.45, 7) is 2.28. The molecule has 6 heteroatoms. The number of aliphatic hydroxyl groups is 1. The van der Waals surface area contributed by atoms with E-state index in [4.69, 9.17) is 11.6 Å². The van der Waals surface area contributed by atoms with Gasteiger partial charge in [-0.25, -0.2) is 0 Å². The van der Waals surface area contributed by atoms with Crippen LogP contribution in [0.15, 0.2) is 91.3 Å². The molecule has 5 rings (SSSR count). The summed E-state index contributed by atoms with van der Waals surface area (Å²) in [4.78, 5) is 28.4. The molecule has 1 aromatic heterocycles. The topological polar surface area (TPSA) is 62.5 Å². The van der Waals surface area contributed by atoms with Gasteiger partial charge in [-0.2, -0.15) is 0 Å². The molecule has 4 aromatic rings. The van der Waals surface area contributed by atoms with E-state index >= 15 is 0 Å². The molecule has 1 N–H and O–H groups in total. The van der Waals surface area contributed by atoms with E-state index in [2.05, 4.69) is 0 Å². The molecule has 1 amide bonds. The first-order valence-electron chi connectivity index (χ1n) is 11.0. The molecule has 2 heterocycles. The molecule has 3 aromatic carbocycles. The maximum Gasteiger partial charge on any atom is 0.264 e. The number of carbonyl (C=O) groups is 2. The summed E-state index contributed by atoms with van der Waals surface area (Å²) < 4.78 is 1.89. The van der Waals surface area contributed by atoms with Gasteiger partial charge in [0.15, 0.2) is 11.4 Å². The SMILES string of the molecule is Cc1ccc(CN2C(=O)C(O)(CC(=O)c3cccc(-n4cccc4)c3)c3cc(Cl)ccc32)cc1. The lowest BCUT2D eigenvalue weighted by Gasteiger charge is -2.23. The first-order chi connectivity index (χ1) is 16.3. The zero-order chi connectivity index (χ0) is 23.9. The number of aryl methyl sites for hydroxylation is 1. The Hall–Kier alpha value is -3.67. The fraction of sp³-hybridized carbons (Fsp3) is 0.143. The molecule has 34 heavy (non-hydrogen) atoms. The summed E-state index contributed by atoms with van der Waals surface area (Å²) in [7, 11) is 0. The highest BCUT2D eigenvalue weighted by Gasteiger charge is 2.51. The Bertz CT molecular complexity index is 1380. The minimum Gasteiger partial charge on any atom is -0.375 e. The van der Waals surface area contributed by atoms with Crippen molar-refractivity contribution in [2.24, 2.45) is 0 Å². The Morgan fingerprint density at radius 3 is 2.44 bits per heavy atom. The first-order valence-corrected chi connectivity index (χ1v) is 11.4. The predicted molar refractivity (Wildman–Crippen MR) is 132 cm³/mol. The fourth-order valence-electron chi connectivity index (χ4n) is 4.41. The van der Waals surface area contributed by atoms with Crippen LogP contribution >= 0.6 is 11.6 Å². The Balaban J connectivity index is 1.48. The van der Waals surface area contributed by atoms with Crippen LogP contribution in [0, 0.1) is 6.92 Å².